The Bertz CT molecular complexity index is 379. The molecule has 0 heterocycles. The maximum atomic E-state index is 11.7. The monoisotopic (exact) mass is 244 g/mol. The first-order chi connectivity index (χ1) is 8.79. The van der Waals surface area contributed by atoms with E-state index in [2.05, 4.69) is 19.6 Å². The second-order valence-corrected chi connectivity index (χ2v) is 4.74. The molecule has 1 aromatic carbocycles. The topological polar surface area (TPSA) is 17.1 Å². The first kappa shape index (κ1) is 14.7. The normalized spacial score (nSPS) is 10.3. The van der Waals surface area contributed by atoms with Crippen LogP contribution >= 0.6 is 0 Å². The third-order valence-electron chi connectivity index (χ3n) is 3.27. The van der Waals surface area contributed by atoms with Gasteiger partial charge in [0.2, 0.25) is 0 Å². The molecule has 1 heteroatoms. The van der Waals surface area contributed by atoms with Gasteiger partial charge in [0.1, 0.15) is 0 Å². The van der Waals surface area contributed by atoms with Gasteiger partial charge in [-0.3, -0.25) is 4.79 Å². The molecule has 1 aromatic rings. The van der Waals surface area contributed by atoms with E-state index < -0.39 is 0 Å². The lowest BCUT2D eigenvalue weighted by Gasteiger charge is -2.06. The van der Waals surface area contributed by atoms with Crippen molar-refractivity contribution in [1.29, 1.82) is 0 Å². The lowest BCUT2D eigenvalue weighted by Crippen LogP contribution is -2.00. The Balaban J connectivity index is 2.42. The predicted molar refractivity (Wildman–Crippen MR) is 78.0 cm³/mol. The number of carbonyl (C=O) groups excluding carboxylic acids is 1. The van der Waals surface area contributed by atoms with Gasteiger partial charge in [0, 0.05) is 5.56 Å². The highest BCUT2D eigenvalue weighted by Gasteiger charge is 2.06. The number of hydrogen-bond donors (Lipinski definition) is 0. The van der Waals surface area contributed by atoms with Crippen molar-refractivity contribution in [2.24, 2.45) is 0 Å². The molecule has 0 saturated heterocycles. The predicted octanol–water partition coefficient (Wildman–Crippen LogP) is 4.96. The summed E-state index contributed by atoms with van der Waals surface area (Å²) in [6.07, 6.45) is 10.1. The van der Waals surface area contributed by atoms with Crippen molar-refractivity contribution in [3.63, 3.8) is 0 Å². The van der Waals surface area contributed by atoms with E-state index >= 15 is 0 Å². The van der Waals surface area contributed by atoms with E-state index in [-0.39, 0.29) is 5.78 Å². The van der Waals surface area contributed by atoms with E-state index in [1.807, 2.05) is 18.2 Å². The molecule has 0 N–H and O–H groups in total. The molecule has 18 heavy (non-hydrogen) atoms. The molecule has 98 valence electrons. The first-order valence-electron chi connectivity index (χ1n) is 7.04. The minimum atomic E-state index is 0.0385. The summed E-state index contributed by atoms with van der Waals surface area (Å²) in [7, 11) is 0. The molecular weight excluding hydrogens is 220 g/mol. The standard InChI is InChI=1S/C17H24O/c1-3-5-6-7-8-9-12-15-13-10-11-14-16(15)17(18)4-2/h4,10-11,13-14H,2-3,5-9,12H2,1H3. The highest BCUT2D eigenvalue weighted by molar-refractivity contribution is 6.05. The highest BCUT2D eigenvalue weighted by atomic mass is 16.1. The number of ketones is 1. The molecule has 0 fully saturated rings. The molecule has 1 nitrogen and oxygen atoms in total. The van der Waals surface area contributed by atoms with Crippen molar-refractivity contribution in [3.8, 4) is 0 Å². The van der Waals surface area contributed by atoms with Crippen LogP contribution in [0.15, 0.2) is 36.9 Å². The van der Waals surface area contributed by atoms with Gasteiger partial charge in [-0.05, 0) is 24.5 Å². The van der Waals surface area contributed by atoms with E-state index in [1.165, 1.54) is 44.6 Å². The summed E-state index contributed by atoms with van der Waals surface area (Å²) in [5.41, 5.74) is 1.99. The van der Waals surface area contributed by atoms with Gasteiger partial charge in [-0.2, -0.15) is 0 Å². The molecule has 0 amide bonds. The zero-order chi connectivity index (χ0) is 13.2. The molecule has 1 rings (SSSR count). The van der Waals surface area contributed by atoms with Crippen LogP contribution in [-0.4, -0.2) is 5.78 Å². The van der Waals surface area contributed by atoms with Gasteiger partial charge in [0.15, 0.2) is 5.78 Å². The van der Waals surface area contributed by atoms with Crippen molar-refractivity contribution >= 4 is 5.78 Å². The van der Waals surface area contributed by atoms with Crippen molar-refractivity contribution in [1.82, 2.24) is 0 Å². The van der Waals surface area contributed by atoms with Gasteiger partial charge >= 0.3 is 0 Å². The summed E-state index contributed by atoms with van der Waals surface area (Å²) >= 11 is 0. The maximum absolute atomic E-state index is 11.7. The van der Waals surface area contributed by atoms with Crippen LogP contribution in [0.2, 0.25) is 0 Å². The molecule has 0 aliphatic rings. The first-order valence-corrected chi connectivity index (χ1v) is 7.04. The molecule has 0 atom stereocenters. The van der Waals surface area contributed by atoms with E-state index in [0.717, 1.165) is 17.5 Å². The lowest BCUT2D eigenvalue weighted by molar-refractivity contribution is 0.104. The van der Waals surface area contributed by atoms with Gasteiger partial charge in [-0.25, -0.2) is 0 Å². The summed E-state index contributed by atoms with van der Waals surface area (Å²) in [4.78, 5) is 11.7. The van der Waals surface area contributed by atoms with Gasteiger partial charge in [-0.15, -0.1) is 0 Å². The quantitative estimate of drug-likeness (QED) is 0.341. The Morgan fingerprint density at radius 3 is 2.50 bits per heavy atom. The van der Waals surface area contributed by atoms with Crippen LogP contribution in [0.25, 0.3) is 0 Å². The number of hydrogen-bond acceptors (Lipinski definition) is 1. The van der Waals surface area contributed by atoms with E-state index in [4.69, 9.17) is 0 Å². The molecule has 0 aliphatic heterocycles. The molecule has 0 aliphatic carbocycles. The number of rotatable bonds is 9. The number of carbonyl (C=O) groups is 1. The van der Waals surface area contributed by atoms with Crippen molar-refractivity contribution < 1.29 is 4.79 Å². The zero-order valence-corrected chi connectivity index (χ0v) is 11.5. The molecule has 0 saturated carbocycles. The average Bonchev–Trinajstić information content (AvgIpc) is 2.42. The molecule has 0 aromatic heterocycles. The van der Waals surface area contributed by atoms with E-state index in [9.17, 15) is 4.79 Å². The molecule has 0 bridgehead atoms. The Labute approximate surface area is 111 Å². The summed E-state index contributed by atoms with van der Waals surface area (Å²) in [6.45, 7) is 5.79. The fraction of sp³-hybridized carbons (Fsp3) is 0.471. The fourth-order valence-electron chi connectivity index (χ4n) is 2.18. The van der Waals surface area contributed by atoms with Crippen LogP contribution < -0.4 is 0 Å². The van der Waals surface area contributed by atoms with Gasteiger partial charge in [0.25, 0.3) is 0 Å². The second-order valence-electron chi connectivity index (χ2n) is 4.74. The van der Waals surface area contributed by atoms with Gasteiger partial charge < -0.3 is 0 Å². The fourth-order valence-corrected chi connectivity index (χ4v) is 2.18. The Hall–Kier alpha value is -1.37. The highest BCUT2D eigenvalue weighted by Crippen LogP contribution is 2.15. The van der Waals surface area contributed by atoms with Crippen LogP contribution in [0.1, 0.15) is 61.4 Å². The third-order valence-corrected chi connectivity index (χ3v) is 3.27. The minimum Gasteiger partial charge on any atom is -0.289 e. The maximum Gasteiger partial charge on any atom is 0.185 e. The van der Waals surface area contributed by atoms with E-state index in [0.29, 0.717) is 0 Å². The van der Waals surface area contributed by atoms with Crippen LogP contribution in [-0.2, 0) is 6.42 Å². The van der Waals surface area contributed by atoms with Crippen LogP contribution in [0.5, 0.6) is 0 Å². The SMILES string of the molecule is C=CC(=O)c1ccccc1CCCCCCCC. The second kappa shape index (κ2) is 8.68. The van der Waals surface area contributed by atoms with Crippen molar-refractivity contribution in [3.05, 3.63) is 48.0 Å². The number of benzene rings is 1. The van der Waals surface area contributed by atoms with Gasteiger partial charge in [0.05, 0.1) is 0 Å². The van der Waals surface area contributed by atoms with Crippen molar-refractivity contribution in [2.45, 2.75) is 51.9 Å². The number of allylic oxidation sites excluding steroid dienone is 1. The Morgan fingerprint density at radius 1 is 1.11 bits per heavy atom. The van der Waals surface area contributed by atoms with Crippen LogP contribution in [0, 0.1) is 0 Å². The molecule has 0 spiro atoms. The van der Waals surface area contributed by atoms with Crippen molar-refractivity contribution in [2.75, 3.05) is 0 Å². The van der Waals surface area contributed by atoms with Crippen LogP contribution in [0.3, 0.4) is 0 Å². The minimum absolute atomic E-state index is 0.0385. The molecule has 0 radical (unpaired) electrons. The summed E-state index contributed by atoms with van der Waals surface area (Å²) in [5.74, 6) is 0.0385. The van der Waals surface area contributed by atoms with Crippen LogP contribution in [0.4, 0.5) is 0 Å². The van der Waals surface area contributed by atoms with E-state index in [1.54, 1.807) is 0 Å². The zero-order valence-electron chi connectivity index (χ0n) is 11.5. The third kappa shape index (κ3) is 4.87. The largest absolute Gasteiger partial charge is 0.289 e. The Morgan fingerprint density at radius 2 is 1.78 bits per heavy atom. The van der Waals surface area contributed by atoms with Gasteiger partial charge in [-0.1, -0.05) is 69.9 Å². The Kier molecular flexibility index (Phi) is 7.09. The molecular formula is C17H24O. The number of aryl methyl sites for hydroxylation is 1. The summed E-state index contributed by atoms with van der Waals surface area (Å²) in [5, 5.41) is 0. The molecule has 0 unspecified atom stereocenters. The summed E-state index contributed by atoms with van der Waals surface area (Å²) < 4.78 is 0. The summed E-state index contributed by atoms with van der Waals surface area (Å²) in [6, 6.07) is 7.88. The lowest BCUT2D eigenvalue weighted by atomic mass is 9.98. The smallest absolute Gasteiger partial charge is 0.185 e. The number of unbranched alkanes of at least 4 members (excludes halogenated alkanes) is 5. The average molecular weight is 244 g/mol.